The Morgan fingerprint density at radius 3 is 2.35 bits per heavy atom. The Kier molecular flexibility index (Phi) is 8.71. The molecule has 0 radical (unpaired) electrons. The van der Waals surface area contributed by atoms with Gasteiger partial charge < -0.3 is 10.2 Å². The van der Waals surface area contributed by atoms with Gasteiger partial charge in [-0.3, -0.25) is 9.45 Å². The summed E-state index contributed by atoms with van der Waals surface area (Å²) in [6, 6.07) is 0. The molecule has 0 spiro atoms. The van der Waals surface area contributed by atoms with Crippen molar-refractivity contribution in [3.05, 3.63) is 0 Å². The number of aliphatic hydroxyl groups is 2. The normalized spacial score (nSPS) is 14.2. The summed E-state index contributed by atoms with van der Waals surface area (Å²) in [4.78, 5) is 1.89. The average Bonchev–Trinajstić information content (AvgIpc) is 2.23. The molecule has 0 saturated carbocycles. The van der Waals surface area contributed by atoms with Gasteiger partial charge in [-0.2, -0.15) is 8.42 Å². The quantitative estimate of drug-likeness (QED) is 0.373. The summed E-state index contributed by atoms with van der Waals surface area (Å²) in [7, 11) is -3.88. The highest BCUT2D eigenvalue weighted by atomic mass is 32.2. The number of hydrogen-bond acceptors (Lipinski definition) is 5. The van der Waals surface area contributed by atoms with Gasteiger partial charge in [0.25, 0.3) is 10.1 Å². The van der Waals surface area contributed by atoms with Crippen molar-refractivity contribution in [3.63, 3.8) is 0 Å². The van der Waals surface area contributed by atoms with Gasteiger partial charge in [-0.15, -0.1) is 0 Å². The van der Waals surface area contributed by atoms with E-state index in [1.807, 2.05) is 11.8 Å². The van der Waals surface area contributed by atoms with E-state index in [0.717, 1.165) is 0 Å². The molecule has 0 aromatic heterocycles. The Bertz CT molecular complexity index is 280. The molecule has 3 N–H and O–H groups in total. The lowest BCUT2D eigenvalue weighted by atomic mass is 10.2. The highest BCUT2D eigenvalue weighted by Crippen LogP contribution is 2.01. The van der Waals surface area contributed by atoms with Crippen LogP contribution in [0.2, 0.25) is 0 Å². The van der Waals surface area contributed by atoms with Gasteiger partial charge in [0.2, 0.25) is 0 Å². The van der Waals surface area contributed by atoms with E-state index < -0.39 is 16.2 Å². The van der Waals surface area contributed by atoms with Crippen LogP contribution in [0, 0.1) is 0 Å². The van der Waals surface area contributed by atoms with E-state index >= 15 is 0 Å². The zero-order valence-electron chi connectivity index (χ0n) is 10.2. The minimum Gasteiger partial charge on any atom is -0.395 e. The second-order valence-corrected chi connectivity index (χ2v) is 5.65. The van der Waals surface area contributed by atoms with E-state index in [1.54, 1.807) is 0 Å². The summed E-state index contributed by atoms with van der Waals surface area (Å²) < 4.78 is 29.5. The highest BCUT2D eigenvalue weighted by Gasteiger charge is 2.10. The molecule has 1 atom stereocenters. The molecule has 0 aromatic carbocycles. The van der Waals surface area contributed by atoms with Gasteiger partial charge in [-0.1, -0.05) is 6.92 Å². The summed E-state index contributed by atoms with van der Waals surface area (Å²) in [5, 5.41) is 18.3. The van der Waals surface area contributed by atoms with Crippen LogP contribution >= 0.6 is 0 Å². The fraction of sp³-hybridized carbons (Fsp3) is 1.00. The van der Waals surface area contributed by atoms with Crippen molar-refractivity contribution < 1.29 is 23.2 Å². The Morgan fingerprint density at radius 2 is 1.88 bits per heavy atom. The number of nitrogens with zero attached hydrogens (tertiary/aromatic N) is 1. The molecule has 104 valence electrons. The smallest absolute Gasteiger partial charge is 0.264 e. The first-order valence-corrected chi connectivity index (χ1v) is 7.46. The summed E-state index contributed by atoms with van der Waals surface area (Å²) in [5.41, 5.74) is 0. The van der Waals surface area contributed by atoms with Crippen molar-refractivity contribution in [1.29, 1.82) is 0 Å². The molecule has 0 rings (SSSR count). The predicted octanol–water partition coefficient (Wildman–Crippen LogP) is -0.280. The van der Waals surface area contributed by atoms with Gasteiger partial charge in [0.1, 0.15) is 0 Å². The van der Waals surface area contributed by atoms with Gasteiger partial charge in [-0.25, -0.2) is 0 Å². The predicted molar refractivity (Wildman–Crippen MR) is 65.5 cm³/mol. The van der Waals surface area contributed by atoms with Crippen molar-refractivity contribution in [2.45, 2.75) is 32.3 Å². The van der Waals surface area contributed by atoms with Crippen LogP contribution in [0.4, 0.5) is 0 Å². The Balaban J connectivity index is 3.84. The summed E-state index contributed by atoms with van der Waals surface area (Å²) in [6.45, 7) is 3.42. The maximum atomic E-state index is 10.5. The lowest BCUT2D eigenvalue weighted by Crippen LogP contribution is -2.35. The number of unbranched alkanes of at least 4 members (excludes halogenated alkanes) is 1. The van der Waals surface area contributed by atoms with Gasteiger partial charge in [0, 0.05) is 13.1 Å². The van der Waals surface area contributed by atoms with E-state index in [2.05, 4.69) is 0 Å². The van der Waals surface area contributed by atoms with Crippen molar-refractivity contribution in [2.24, 2.45) is 0 Å². The first-order chi connectivity index (χ1) is 7.89. The third-order valence-corrected chi connectivity index (χ3v) is 3.29. The molecule has 0 bridgehead atoms. The molecule has 0 aliphatic heterocycles. The molecule has 0 saturated heterocycles. The van der Waals surface area contributed by atoms with Crippen LogP contribution in [0.3, 0.4) is 0 Å². The second-order valence-electron chi connectivity index (χ2n) is 4.08. The molecule has 0 aromatic rings. The van der Waals surface area contributed by atoms with Gasteiger partial charge in [0.15, 0.2) is 0 Å². The molecule has 17 heavy (non-hydrogen) atoms. The molecule has 1 unspecified atom stereocenters. The molecular formula is C10H23NO5S. The highest BCUT2D eigenvalue weighted by molar-refractivity contribution is 7.85. The fourth-order valence-electron chi connectivity index (χ4n) is 1.48. The first-order valence-electron chi connectivity index (χ1n) is 5.85. The molecule has 0 aliphatic carbocycles. The molecule has 7 heteroatoms. The Hall–Kier alpha value is -0.210. The maximum Gasteiger partial charge on any atom is 0.264 e. The van der Waals surface area contributed by atoms with Crippen LogP contribution in [0.15, 0.2) is 0 Å². The van der Waals surface area contributed by atoms with E-state index in [4.69, 9.17) is 9.66 Å². The molecule has 0 amide bonds. The minimum absolute atomic E-state index is 0.00866. The van der Waals surface area contributed by atoms with E-state index in [0.29, 0.717) is 38.9 Å². The molecular weight excluding hydrogens is 246 g/mol. The SMILES string of the molecule is CCC(O)CN(CCO)CCCCS(=O)(=O)O. The van der Waals surface area contributed by atoms with Crippen molar-refractivity contribution >= 4 is 10.1 Å². The largest absolute Gasteiger partial charge is 0.395 e. The van der Waals surface area contributed by atoms with Gasteiger partial charge >= 0.3 is 0 Å². The molecule has 6 nitrogen and oxygen atoms in total. The minimum atomic E-state index is -3.88. The topological polar surface area (TPSA) is 98.1 Å². The lowest BCUT2D eigenvalue weighted by molar-refractivity contribution is 0.0961. The van der Waals surface area contributed by atoms with Gasteiger partial charge in [-0.05, 0) is 25.8 Å². The summed E-state index contributed by atoms with van der Waals surface area (Å²) in [6.07, 6.45) is 1.20. The first kappa shape index (κ1) is 16.8. The monoisotopic (exact) mass is 269 g/mol. The van der Waals surface area contributed by atoms with Crippen LogP contribution in [0.5, 0.6) is 0 Å². The van der Waals surface area contributed by atoms with Crippen LogP contribution in [-0.2, 0) is 10.1 Å². The molecule has 0 fully saturated rings. The Morgan fingerprint density at radius 1 is 1.24 bits per heavy atom. The van der Waals surface area contributed by atoms with E-state index in [1.165, 1.54) is 0 Å². The van der Waals surface area contributed by atoms with E-state index in [-0.39, 0.29) is 12.4 Å². The van der Waals surface area contributed by atoms with E-state index in [9.17, 15) is 13.5 Å². The zero-order chi connectivity index (χ0) is 13.3. The average molecular weight is 269 g/mol. The fourth-order valence-corrected chi connectivity index (χ4v) is 2.05. The van der Waals surface area contributed by atoms with Crippen molar-refractivity contribution in [2.75, 3.05) is 32.0 Å². The van der Waals surface area contributed by atoms with Crippen molar-refractivity contribution in [1.82, 2.24) is 4.90 Å². The number of hydrogen-bond donors (Lipinski definition) is 3. The standard InChI is InChI=1S/C10H23NO5S/c1-2-10(13)9-11(6-7-12)5-3-4-8-17(14,15)16/h10,12-13H,2-9H2,1H3,(H,14,15,16). The molecule has 0 aliphatic rings. The Labute approximate surface area is 103 Å². The van der Waals surface area contributed by atoms with Gasteiger partial charge in [0.05, 0.1) is 18.5 Å². The number of aliphatic hydroxyl groups excluding tert-OH is 2. The van der Waals surface area contributed by atoms with Crippen LogP contribution in [-0.4, -0.2) is 66.2 Å². The zero-order valence-corrected chi connectivity index (χ0v) is 11.1. The third kappa shape index (κ3) is 10.7. The third-order valence-electron chi connectivity index (χ3n) is 2.48. The van der Waals surface area contributed by atoms with Crippen LogP contribution in [0.1, 0.15) is 26.2 Å². The molecule has 0 heterocycles. The maximum absolute atomic E-state index is 10.5. The van der Waals surface area contributed by atoms with Crippen LogP contribution in [0.25, 0.3) is 0 Å². The summed E-state index contributed by atoms with van der Waals surface area (Å²) >= 11 is 0. The van der Waals surface area contributed by atoms with Crippen LogP contribution < -0.4 is 0 Å². The lowest BCUT2D eigenvalue weighted by Gasteiger charge is -2.23. The summed E-state index contributed by atoms with van der Waals surface area (Å²) in [5.74, 6) is -0.240. The second kappa shape index (κ2) is 8.82. The van der Waals surface area contributed by atoms with Crippen molar-refractivity contribution in [3.8, 4) is 0 Å². The number of rotatable bonds is 10.